The first-order chi connectivity index (χ1) is 24.2. The van der Waals surface area contributed by atoms with Crippen molar-refractivity contribution in [2.24, 2.45) is 0 Å². The van der Waals surface area contributed by atoms with E-state index in [2.05, 4.69) is 101 Å². The number of aromatic nitrogens is 6. The molecule has 0 spiro atoms. The summed E-state index contributed by atoms with van der Waals surface area (Å²) >= 11 is 0. The van der Waals surface area contributed by atoms with E-state index in [9.17, 15) is 0 Å². The molecule has 49 heavy (non-hydrogen) atoms. The normalized spacial score (nSPS) is 11.3. The summed E-state index contributed by atoms with van der Waals surface area (Å²) in [5, 5.41) is 2.23. The Labute approximate surface area is 282 Å². The van der Waals surface area contributed by atoms with Crippen LogP contribution in [0.5, 0.6) is 0 Å². The van der Waals surface area contributed by atoms with E-state index in [0.717, 1.165) is 66.4 Å². The third-order valence-electron chi connectivity index (χ3n) is 8.83. The largest absolute Gasteiger partial charge is 0.355 e. The first-order valence-corrected chi connectivity index (χ1v) is 16.2. The summed E-state index contributed by atoms with van der Waals surface area (Å²) < 4.78 is 0. The maximum atomic E-state index is 5.03. The molecule has 230 valence electrons. The van der Waals surface area contributed by atoms with E-state index in [1.807, 2.05) is 67.0 Å². The van der Waals surface area contributed by atoms with E-state index in [1.165, 1.54) is 5.56 Å². The summed E-state index contributed by atoms with van der Waals surface area (Å²) in [4.78, 5) is 27.5. The minimum absolute atomic E-state index is 0.624. The fourth-order valence-corrected chi connectivity index (χ4v) is 6.26. The van der Waals surface area contributed by atoms with Crippen LogP contribution in [0, 0.1) is 0 Å². The number of hydrogen-bond acceptors (Lipinski definition) is 5. The molecular weight excluding hydrogens is 601 g/mol. The maximum Gasteiger partial charge on any atom is 0.164 e. The highest BCUT2D eigenvalue weighted by molar-refractivity contribution is 6.09. The Balaban J connectivity index is 1.12. The summed E-state index contributed by atoms with van der Waals surface area (Å²) in [7, 11) is 0. The van der Waals surface area contributed by atoms with Crippen LogP contribution in [0.2, 0.25) is 0 Å². The molecule has 4 heterocycles. The molecule has 5 aromatic carbocycles. The molecule has 9 rings (SSSR count). The lowest BCUT2D eigenvalue weighted by Crippen LogP contribution is -2.00. The van der Waals surface area contributed by atoms with Crippen LogP contribution in [-0.2, 0) is 0 Å². The number of fused-ring (bicyclic) bond motifs is 3. The lowest BCUT2D eigenvalue weighted by atomic mass is 10.0. The number of benzene rings is 5. The predicted molar refractivity (Wildman–Crippen MR) is 197 cm³/mol. The van der Waals surface area contributed by atoms with E-state index >= 15 is 0 Å². The van der Waals surface area contributed by atoms with Crippen LogP contribution >= 0.6 is 0 Å². The molecule has 0 saturated carbocycles. The van der Waals surface area contributed by atoms with Gasteiger partial charge in [0.1, 0.15) is 0 Å². The van der Waals surface area contributed by atoms with Gasteiger partial charge in [0.25, 0.3) is 0 Å². The van der Waals surface area contributed by atoms with E-state index in [1.54, 1.807) is 6.20 Å². The molecule has 0 radical (unpaired) electrons. The zero-order valence-electron chi connectivity index (χ0n) is 26.3. The quantitative estimate of drug-likeness (QED) is 0.198. The van der Waals surface area contributed by atoms with Gasteiger partial charge in [-0.25, -0.2) is 15.0 Å². The van der Waals surface area contributed by atoms with Gasteiger partial charge in [-0.15, -0.1) is 0 Å². The average Bonchev–Trinajstić information content (AvgIpc) is 3.56. The SMILES string of the molecule is c1ccc(-c2ccc(-c3nc(-c4ccccc4)nc(-c4ccc5[nH]c6ccc(-c7ccc(-c8cccnc8)nc7)cc6c5c4)n3)cc2)cc1. The monoisotopic (exact) mass is 628 g/mol. The minimum atomic E-state index is 0.624. The fraction of sp³-hybridized carbons (Fsp3) is 0. The highest BCUT2D eigenvalue weighted by atomic mass is 15.0. The second-order valence-corrected chi connectivity index (χ2v) is 11.9. The Morgan fingerprint density at radius 1 is 0.367 bits per heavy atom. The molecule has 1 N–H and O–H groups in total. The van der Waals surface area contributed by atoms with Crippen LogP contribution in [0.25, 0.3) is 89.5 Å². The van der Waals surface area contributed by atoms with Crippen molar-refractivity contribution in [2.75, 3.05) is 0 Å². The van der Waals surface area contributed by atoms with Gasteiger partial charge in [0, 0.05) is 68.2 Å². The second kappa shape index (κ2) is 12.1. The van der Waals surface area contributed by atoms with Crippen molar-refractivity contribution in [1.29, 1.82) is 0 Å². The summed E-state index contributed by atoms with van der Waals surface area (Å²) in [6, 6.07) is 49.8. The summed E-state index contributed by atoms with van der Waals surface area (Å²) in [5.41, 5.74) is 11.3. The molecule has 0 aliphatic carbocycles. The van der Waals surface area contributed by atoms with E-state index in [-0.39, 0.29) is 0 Å². The molecule has 0 saturated heterocycles. The molecule has 6 nitrogen and oxygen atoms in total. The molecule has 4 aromatic heterocycles. The standard InChI is InChI=1S/C43H28N6/c1-3-8-28(9-4-1)29-13-15-31(16-14-29)42-47-41(30-10-5-2-6-11-30)48-43(49-42)33-18-22-40-37(25-33)36-24-32(17-21-39(36)46-40)34-19-20-38(45-27-34)35-12-7-23-44-26-35/h1-27,46H. The van der Waals surface area contributed by atoms with E-state index in [4.69, 9.17) is 19.9 Å². The molecule has 0 aliphatic heterocycles. The molecule has 0 amide bonds. The molecule has 0 atom stereocenters. The smallest absolute Gasteiger partial charge is 0.164 e. The Morgan fingerprint density at radius 2 is 0.878 bits per heavy atom. The van der Waals surface area contributed by atoms with Gasteiger partial charge < -0.3 is 4.98 Å². The number of nitrogens with one attached hydrogen (secondary N) is 1. The average molecular weight is 629 g/mol. The van der Waals surface area contributed by atoms with Gasteiger partial charge in [-0.1, -0.05) is 97.1 Å². The first kappa shape index (κ1) is 28.4. The summed E-state index contributed by atoms with van der Waals surface area (Å²) in [6.45, 7) is 0. The van der Waals surface area contributed by atoms with Crippen molar-refractivity contribution in [3.63, 3.8) is 0 Å². The molecule has 0 unspecified atom stereocenters. The molecule has 0 fully saturated rings. The van der Waals surface area contributed by atoms with E-state index < -0.39 is 0 Å². The van der Waals surface area contributed by atoms with Gasteiger partial charge in [0.15, 0.2) is 17.5 Å². The van der Waals surface area contributed by atoms with Gasteiger partial charge in [0.2, 0.25) is 0 Å². The topological polar surface area (TPSA) is 80.2 Å². The van der Waals surface area contributed by atoms with Crippen molar-refractivity contribution in [2.45, 2.75) is 0 Å². The van der Waals surface area contributed by atoms with Gasteiger partial charge in [-0.05, 0) is 65.2 Å². The number of H-pyrrole nitrogens is 1. The van der Waals surface area contributed by atoms with Crippen LogP contribution in [0.4, 0.5) is 0 Å². The van der Waals surface area contributed by atoms with Crippen molar-refractivity contribution in [1.82, 2.24) is 29.9 Å². The highest BCUT2D eigenvalue weighted by Crippen LogP contribution is 2.34. The van der Waals surface area contributed by atoms with Crippen LogP contribution in [0.3, 0.4) is 0 Å². The van der Waals surface area contributed by atoms with Crippen molar-refractivity contribution < 1.29 is 0 Å². The van der Waals surface area contributed by atoms with Crippen LogP contribution in [-0.4, -0.2) is 29.9 Å². The zero-order chi connectivity index (χ0) is 32.6. The number of rotatable bonds is 6. The number of aromatic amines is 1. The van der Waals surface area contributed by atoms with Crippen LogP contribution in [0.1, 0.15) is 0 Å². The van der Waals surface area contributed by atoms with Crippen molar-refractivity contribution in [3.8, 4) is 67.7 Å². The Morgan fingerprint density at radius 3 is 1.51 bits per heavy atom. The summed E-state index contributed by atoms with van der Waals surface area (Å²) in [5.74, 6) is 1.89. The lowest BCUT2D eigenvalue weighted by Gasteiger charge is -2.09. The molecule has 9 aromatic rings. The number of hydrogen-bond donors (Lipinski definition) is 1. The van der Waals surface area contributed by atoms with Crippen LogP contribution in [0.15, 0.2) is 164 Å². The molecule has 0 bridgehead atoms. The summed E-state index contributed by atoms with van der Waals surface area (Å²) in [6.07, 6.45) is 5.53. The second-order valence-electron chi connectivity index (χ2n) is 11.9. The van der Waals surface area contributed by atoms with Gasteiger partial charge in [-0.3, -0.25) is 9.97 Å². The first-order valence-electron chi connectivity index (χ1n) is 16.2. The van der Waals surface area contributed by atoms with Gasteiger partial charge >= 0.3 is 0 Å². The van der Waals surface area contributed by atoms with Crippen molar-refractivity contribution in [3.05, 3.63) is 164 Å². The number of pyridine rings is 2. The van der Waals surface area contributed by atoms with E-state index in [0.29, 0.717) is 17.5 Å². The van der Waals surface area contributed by atoms with Crippen LogP contribution < -0.4 is 0 Å². The highest BCUT2D eigenvalue weighted by Gasteiger charge is 2.15. The molecular formula is C43H28N6. The third-order valence-corrected chi connectivity index (χ3v) is 8.83. The Hall–Kier alpha value is -6.79. The lowest BCUT2D eigenvalue weighted by molar-refractivity contribution is 1.07. The Kier molecular flexibility index (Phi) is 7.02. The maximum absolute atomic E-state index is 5.03. The van der Waals surface area contributed by atoms with Crippen molar-refractivity contribution >= 4 is 21.8 Å². The fourth-order valence-electron chi connectivity index (χ4n) is 6.26. The zero-order valence-corrected chi connectivity index (χ0v) is 26.3. The van der Waals surface area contributed by atoms with Gasteiger partial charge in [0.05, 0.1) is 5.69 Å². The number of nitrogens with zero attached hydrogens (tertiary/aromatic N) is 5. The molecule has 0 aliphatic rings. The molecule has 6 heteroatoms. The Bertz CT molecular complexity index is 2560. The third kappa shape index (κ3) is 5.51. The predicted octanol–water partition coefficient (Wildman–Crippen LogP) is 10.3. The van der Waals surface area contributed by atoms with Gasteiger partial charge in [-0.2, -0.15) is 0 Å². The minimum Gasteiger partial charge on any atom is -0.355 e.